The number of aliphatic imine (C=N–C) groups is 1. The zero-order valence-electron chi connectivity index (χ0n) is 15.7. The lowest BCUT2D eigenvalue weighted by Gasteiger charge is -2.35. The van der Waals surface area contributed by atoms with Gasteiger partial charge < -0.3 is 15.0 Å². The number of pyridine rings is 1. The number of aromatic nitrogens is 1. The Hall–Kier alpha value is -1.38. The van der Waals surface area contributed by atoms with E-state index in [1.54, 1.807) is 12.3 Å². The summed E-state index contributed by atoms with van der Waals surface area (Å²) in [5, 5.41) is 3.89. The van der Waals surface area contributed by atoms with E-state index in [0.29, 0.717) is 18.3 Å². The first-order valence-corrected chi connectivity index (χ1v) is 9.36. The Bertz CT molecular complexity index is 754. The van der Waals surface area contributed by atoms with Gasteiger partial charge in [0.25, 0.3) is 0 Å². The van der Waals surface area contributed by atoms with Gasteiger partial charge in [0, 0.05) is 19.3 Å². The predicted octanol–water partition coefficient (Wildman–Crippen LogP) is 4.20. The number of guanidine groups is 1. The second-order valence-electron chi connectivity index (χ2n) is 6.32. The Morgan fingerprint density at radius 3 is 2.85 bits per heavy atom. The maximum atomic E-state index is 6.03. The molecule has 2 aromatic rings. The minimum atomic E-state index is 0. The number of nitrogens with zero attached hydrogens (tertiary/aromatic N) is 3. The molecule has 1 atom stereocenters. The lowest BCUT2D eigenvalue weighted by molar-refractivity contribution is -0.00834. The van der Waals surface area contributed by atoms with E-state index in [1.165, 1.54) is 11.1 Å². The number of nitrogens with one attached hydrogen (secondary N) is 1. The van der Waals surface area contributed by atoms with Crippen LogP contribution in [0.4, 0.5) is 0 Å². The molecule has 1 N–H and O–H groups in total. The Kier molecular flexibility index (Phi) is 8.79. The molecule has 2 heterocycles. The van der Waals surface area contributed by atoms with E-state index in [-0.39, 0.29) is 30.1 Å². The minimum absolute atomic E-state index is 0. The summed E-state index contributed by atoms with van der Waals surface area (Å²) in [6.07, 6.45) is 1.83. The van der Waals surface area contributed by atoms with Crippen LogP contribution in [0, 0.1) is 6.92 Å². The highest BCUT2D eigenvalue weighted by atomic mass is 127. The van der Waals surface area contributed by atoms with Gasteiger partial charge in [-0.25, -0.2) is 9.98 Å². The molecule has 1 fully saturated rings. The summed E-state index contributed by atoms with van der Waals surface area (Å²) in [4.78, 5) is 11.2. The molecule has 27 heavy (non-hydrogen) atoms. The van der Waals surface area contributed by atoms with Crippen molar-refractivity contribution in [3.63, 3.8) is 0 Å². The predicted molar refractivity (Wildman–Crippen MR) is 121 cm³/mol. The van der Waals surface area contributed by atoms with Crippen LogP contribution in [0.5, 0.6) is 0 Å². The molecule has 0 aliphatic carbocycles. The number of benzene rings is 1. The van der Waals surface area contributed by atoms with Gasteiger partial charge in [0.2, 0.25) is 0 Å². The molecule has 1 aromatic carbocycles. The topological polar surface area (TPSA) is 49.8 Å². The molecule has 146 valence electrons. The average molecular weight is 501 g/mol. The summed E-state index contributed by atoms with van der Waals surface area (Å²) in [5.74, 6) is 0.907. The van der Waals surface area contributed by atoms with Crippen molar-refractivity contribution >= 4 is 41.5 Å². The first-order chi connectivity index (χ1) is 12.7. The summed E-state index contributed by atoms with van der Waals surface area (Å²) in [7, 11) is 0. The number of aryl methyl sites for hydroxylation is 1. The van der Waals surface area contributed by atoms with E-state index in [2.05, 4.69) is 53.3 Å². The number of morpholine rings is 1. The number of hydrogen-bond acceptors (Lipinski definition) is 3. The van der Waals surface area contributed by atoms with Crippen LogP contribution < -0.4 is 5.32 Å². The summed E-state index contributed by atoms with van der Waals surface area (Å²) in [5.41, 5.74) is 3.54. The fourth-order valence-corrected chi connectivity index (χ4v) is 3.18. The molecule has 1 aromatic heterocycles. The van der Waals surface area contributed by atoms with Crippen LogP contribution in [0.1, 0.15) is 29.7 Å². The molecule has 3 rings (SSSR count). The SMILES string of the molecule is CCNC(=NCc1ccc(Cl)nc1)N1CCOC(c2ccccc2C)C1.I. The van der Waals surface area contributed by atoms with Gasteiger partial charge in [-0.2, -0.15) is 0 Å². The molecular formula is C20H26ClIN4O. The molecule has 0 saturated carbocycles. The summed E-state index contributed by atoms with van der Waals surface area (Å²) in [6.45, 7) is 7.90. The Balaban J connectivity index is 0.00000261. The molecule has 7 heteroatoms. The number of rotatable bonds is 4. The van der Waals surface area contributed by atoms with Crippen LogP contribution in [-0.2, 0) is 11.3 Å². The van der Waals surface area contributed by atoms with Crippen molar-refractivity contribution in [2.24, 2.45) is 4.99 Å². The van der Waals surface area contributed by atoms with Crippen LogP contribution in [0.2, 0.25) is 5.15 Å². The summed E-state index contributed by atoms with van der Waals surface area (Å²) < 4.78 is 6.03. The maximum absolute atomic E-state index is 6.03. The largest absolute Gasteiger partial charge is 0.370 e. The number of ether oxygens (including phenoxy) is 1. The fourth-order valence-electron chi connectivity index (χ4n) is 3.07. The van der Waals surface area contributed by atoms with E-state index in [4.69, 9.17) is 21.3 Å². The minimum Gasteiger partial charge on any atom is -0.370 e. The van der Waals surface area contributed by atoms with Crippen LogP contribution in [0.3, 0.4) is 0 Å². The molecule has 1 saturated heterocycles. The second-order valence-corrected chi connectivity index (χ2v) is 6.71. The van der Waals surface area contributed by atoms with Gasteiger partial charge >= 0.3 is 0 Å². The van der Waals surface area contributed by atoms with Crippen LogP contribution in [-0.4, -0.2) is 42.1 Å². The molecule has 1 aliphatic rings. The summed E-state index contributed by atoms with van der Waals surface area (Å²) >= 11 is 5.85. The highest BCUT2D eigenvalue weighted by molar-refractivity contribution is 14.0. The zero-order chi connectivity index (χ0) is 18.4. The molecule has 0 radical (unpaired) electrons. The zero-order valence-corrected chi connectivity index (χ0v) is 18.8. The highest BCUT2D eigenvalue weighted by Gasteiger charge is 2.25. The van der Waals surface area contributed by atoms with Crippen molar-refractivity contribution in [1.29, 1.82) is 0 Å². The van der Waals surface area contributed by atoms with Gasteiger partial charge in [-0.05, 0) is 36.6 Å². The third-order valence-corrected chi connectivity index (χ3v) is 4.66. The van der Waals surface area contributed by atoms with Gasteiger partial charge in [0.1, 0.15) is 11.3 Å². The van der Waals surface area contributed by atoms with E-state index in [1.807, 2.05) is 6.07 Å². The monoisotopic (exact) mass is 500 g/mol. The lowest BCUT2D eigenvalue weighted by Crippen LogP contribution is -2.48. The Morgan fingerprint density at radius 1 is 1.33 bits per heavy atom. The standard InChI is InChI=1S/C20H25ClN4O.HI/c1-3-22-20(24-13-16-8-9-19(21)23-12-16)25-10-11-26-18(14-25)17-7-5-4-6-15(17)2;/h4-9,12,18H,3,10-11,13-14H2,1-2H3,(H,22,24);1H. The van der Waals surface area contributed by atoms with E-state index >= 15 is 0 Å². The molecule has 5 nitrogen and oxygen atoms in total. The van der Waals surface area contributed by atoms with Crippen molar-refractivity contribution in [3.8, 4) is 0 Å². The molecular weight excluding hydrogens is 475 g/mol. The maximum Gasteiger partial charge on any atom is 0.194 e. The molecule has 1 aliphatic heterocycles. The van der Waals surface area contributed by atoms with Gasteiger partial charge in [-0.15, -0.1) is 24.0 Å². The summed E-state index contributed by atoms with van der Waals surface area (Å²) in [6, 6.07) is 12.2. The second kappa shape index (κ2) is 10.8. The number of halogens is 2. The smallest absolute Gasteiger partial charge is 0.194 e. The first-order valence-electron chi connectivity index (χ1n) is 8.98. The van der Waals surface area contributed by atoms with Crippen LogP contribution in [0.25, 0.3) is 0 Å². The van der Waals surface area contributed by atoms with Gasteiger partial charge in [0.15, 0.2) is 5.96 Å². The van der Waals surface area contributed by atoms with E-state index < -0.39 is 0 Å². The van der Waals surface area contributed by atoms with E-state index in [9.17, 15) is 0 Å². The average Bonchev–Trinajstić information content (AvgIpc) is 2.67. The molecule has 0 spiro atoms. The molecule has 1 unspecified atom stereocenters. The van der Waals surface area contributed by atoms with Crippen LogP contribution in [0.15, 0.2) is 47.6 Å². The van der Waals surface area contributed by atoms with Crippen molar-refractivity contribution in [3.05, 3.63) is 64.4 Å². The van der Waals surface area contributed by atoms with Gasteiger partial charge in [0.05, 0.1) is 19.7 Å². The highest BCUT2D eigenvalue weighted by Crippen LogP contribution is 2.25. The molecule has 0 amide bonds. The van der Waals surface area contributed by atoms with Gasteiger partial charge in [-0.3, -0.25) is 0 Å². The number of hydrogen-bond donors (Lipinski definition) is 1. The van der Waals surface area contributed by atoms with Crippen molar-refractivity contribution in [2.45, 2.75) is 26.5 Å². The van der Waals surface area contributed by atoms with Crippen molar-refractivity contribution < 1.29 is 4.74 Å². The normalized spacial score (nSPS) is 17.4. The molecule has 0 bridgehead atoms. The van der Waals surface area contributed by atoms with Crippen LogP contribution >= 0.6 is 35.6 Å². The third-order valence-electron chi connectivity index (χ3n) is 4.44. The first kappa shape index (κ1) is 21.9. The fraction of sp³-hybridized carbons (Fsp3) is 0.400. The van der Waals surface area contributed by atoms with Gasteiger partial charge in [-0.1, -0.05) is 41.9 Å². The van der Waals surface area contributed by atoms with Crippen molar-refractivity contribution in [1.82, 2.24) is 15.2 Å². The quantitative estimate of drug-likeness (QED) is 0.296. The van der Waals surface area contributed by atoms with E-state index in [0.717, 1.165) is 31.2 Å². The van der Waals surface area contributed by atoms with Crippen molar-refractivity contribution in [2.75, 3.05) is 26.2 Å². The Labute approximate surface area is 183 Å². The lowest BCUT2D eigenvalue weighted by atomic mass is 10.0. The Morgan fingerprint density at radius 2 is 2.15 bits per heavy atom. The third kappa shape index (κ3) is 6.05.